The molecular weight excluding hydrogens is 302 g/mol. The van der Waals surface area contributed by atoms with Gasteiger partial charge in [-0.05, 0) is 13.3 Å². The summed E-state index contributed by atoms with van der Waals surface area (Å²) in [5.74, 6) is -0.0804. The van der Waals surface area contributed by atoms with Crippen LogP contribution in [0, 0.1) is 6.92 Å². The zero-order chi connectivity index (χ0) is 17.0. The molecule has 0 saturated carbocycles. The fourth-order valence-corrected chi connectivity index (χ4v) is 2.51. The molecule has 3 atom stereocenters. The van der Waals surface area contributed by atoms with Gasteiger partial charge in [-0.3, -0.25) is 19.1 Å². The largest absolute Gasteiger partial charge is 0.390 e. The van der Waals surface area contributed by atoms with Crippen LogP contribution in [0.2, 0.25) is 0 Å². The minimum atomic E-state index is -0.786. The summed E-state index contributed by atoms with van der Waals surface area (Å²) in [6.07, 6.45) is 1.81. The number of aliphatic hydroxyl groups is 1. The van der Waals surface area contributed by atoms with Gasteiger partial charge in [0.2, 0.25) is 5.91 Å². The average molecular weight is 325 g/mol. The van der Waals surface area contributed by atoms with Crippen LogP contribution >= 0.6 is 0 Å². The van der Waals surface area contributed by atoms with E-state index in [0.717, 1.165) is 12.8 Å². The summed E-state index contributed by atoms with van der Waals surface area (Å²) in [6.45, 7) is 3.79. The first-order valence-electron chi connectivity index (χ1n) is 7.84. The van der Waals surface area contributed by atoms with Crippen molar-refractivity contribution in [3.8, 4) is 0 Å². The zero-order valence-corrected chi connectivity index (χ0v) is 13.4. The van der Waals surface area contributed by atoms with Crippen molar-refractivity contribution in [1.82, 2.24) is 14.9 Å². The van der Waals surface area contributed by atoms with E-state index in [1.165, 1.54) is 10.8 Å². The van der Waals surface area contributed by atoms with Crippen molar-refractivity contribution >= 4 is 5.91 Å². The maximum absolute atomic E-state index is 11.9. The third-order valence-electron chi connectivity index (χ3n) is 3.92. The van der Waals surface area contributed by atoms with E-state index >= 15 is 0 Å². The second kappa shape index (κ2) is 7.56. The Bertz CT molecular complexity index is 666. The van der Waals surface area contributed by atoms with Gasteiger partial charge in [0, 0.05) is 31.1 Å². The lowest BCUT2D eigenvalue weighted by molar-refractivity contribution is -0.122. The summed E-state index contributed by atoms with van der Waals surface area (Å²) in [5, 5.41) is 12.8. The molecule has 0 aromatic carbocycles. The summed E-state index contributed by atoms with van der Waals surface area (Å²) in [7, 11) is 0. The molecule has 128 valence electrons. The molecule has 0 spiro atoms. The highest BCUT2D eigenvalue weighted by atomic mass is 16.5. The Hall–Kier alpha value is -1.93. The number of unbranched alkanes of at least 4 members (excludes halogenated alkanes) is 1. The van der Waals surface area contributed by atoms with E-state index in [1.807, 2.05) is 6.92 Å². The van der Waals surface area contributed by atoms with Gasteiger partial charge in [0.05, 0.1) is 6.10 Å². The molecule has 0 unspecified atom stereocenters. The molecule has 1 saturated heterocycles. The van der Waals surface area contributed by atoms with Gasteiger partial charge >= 0.3 is 5.69 Å². The monoisotopic (exact) mass is 325 g/mol. The minimum Gasteiger partial charge on any atom is -0.390 e. The van der Waals surface area contributed by atoms with Gasteiger partial charge in [-0.1, -0.05) is 13.3 Å². The van der Waals surface area contributed by atoms with Gasteiger partial charge in [0.15, 0.2) is 0 Å². The van der Waals surface area contributed by atoms with Gasteiger partial charge in [-0.15, -0.1) is 0 Å². The van der Waals surface area contributed by atoms with Crippen molar-refractivity contribution in [2.75, 3.05) is 6.54 Å². The lowest BCUT2D eigenvalue weighted by Gasteiger charge is -2.17. The van der Waals surface area contributed by atoms with Crippen LogP contribution < -0.4 is 16.6 Å². The summed E-state index contributed by atoms with van der Waals surface area (Å²) in [6, 6.07) is 0. The Labute approximate surface area is 133 Å². The molecule has 8 heteroatoms. The molecule has 1 aromatic heterocycles. The highest BCUT2D eigenvalue weighted by molar-refractivity contribution is 5.75. The molecule has 1 aliphatic rings. The topological polar surface area (TPSA) is 113 Å². The Balaban J connectivity index is 1.98. The SMILES string of the molecule is CCCCC(=O)NC[C@H]1O[C@@H](n2cc(C)c(=O)[nH]c2=O)C[C@@H]1O. The van der Waals surface area contributed by atoms with Crippen molar-refractivity contribution in [2.45, 2.75) is 58.0 Å². The average Bonchev–Trinajstić information content (AvgIpc) is 2.87. The number of H-pyrrole nitrogens is 1. The van der Waals surface area contributed by atoms with Crippen molar-refractivity contribution in [2.24, 2.45) is 0 Å². The van der Waals surface area contributed by atoms with E-state index in [2.05, 4.69) is 10.3 Å². The molecule has 1 amide bonds. The van der Waals surface area contributed by atoms with Gasteiger partial charge in [-0.25, -0.2) is 4.79 Å². The summed E-state index contributed by atoms with van der Waals surface area (Å²) < 4.78 is 6.93. The lowest BCUT2D eigenvalue weighted by Crippen LogP contribution is -2.37. The predicted molar refractivity (Wildman–Crippen MR) is 83.1 cm³/mol. The lowest BCUT2D eigenvalue weighted by atomic mass is 10.1. The van der Waals surface area contributed by atoms with Crippen LogP contribution in [0.1, 0.15) is 44.4 Å². The second-order valence-corrected chi connectivity index (χ2v) is 5.82. The molecular formula is C15H23N3O5. The number of rotatable bonds is 6. The number of amides is 1. The number of hydrogen-bond acceptors (Lipinski definition) is 5. The first kappa shape index (κ1) is 17.4. The van der Waals surface area contributed by atoms with Crippen molar-refractivity contribution in [1.29, 1.82) is 0 Å². The second-order valence-electron chi connectivity index (χ2n) is 5.82. The highest BCUT2D eigenvalue weighted by Crippen LogP contribution is 2.27. The summed E-state index contributed by atoms with van der Waals surface area (Å²) in [5.41, 5.74) is -0.631. The summed E-state index contributed by atoms with van der Waals surface area (Å²) >= 11 is 0. The number of aryl methyl sites for hydroxylation is 1. The third-order valence-corrected chi connectivity index (χ3v) is 3.92. The number of nitrogens with one attached hydrogen (secondary N) is 2. The third kappa shape index (κ3) is 4.29. The van der Waals surface area contributed by atoms with Crippen LogP contribution in [0.25, 0.3) is 0 Å². The quantitative estimate of drug-likeness (QED) is 0.670. The number of ether oxygens (including phenoxy) is 1. The Morgan fingerprint density at radius 2 is 2.26 bits per heavy atom. The number of hydrogen-bond donors (Lipinski definition) is 3. The molecule has 0 bridgehead atoms. The first-order valence-corrected chi connectivity index (χ1v) is 7.84. The summed E-state index contributed by atoms with van der Waals surface area (Å²) in [4.78, 5) is 37.1. The molecule has 3 N–H and O–H groups in total. The van der Waals surface area contributed by atoms with E-state index in [4.69, 9.17) is 4.74 Å². The number of carbonyl (C=O) groups is 1. The Morgan fingerprint density at radius 3 is 2.96 bits per heavy atom. The smallest absolute Gasteiger partial charge is 0.330 e. The molecule has 8 nitrogen and oxygen atoms in total. The molecule has 23 heavy (non-hydrogen) atoms. The number of carbonyl (C=O) groups excluding carboxylic acids is 1. The zero-order valence-electron chi connectivity index (χ0n) is 13.4. The van der Waals surface area contributed by atoms with Crippen molar-refractivity contribution in [3.05, 3.63) is 32.6 Å². The Kier molecular flexibility index (Phi) is 5.73. The predicted octanol–water partition coefficient (Wildman–Crippen LogP) is -0.200. The number of aromatic nitrogens is 2. The molecule has 1 aliphatic heterocycles. The number of aliphatic hydroxyl groups excluding tert-OH is 1. The first-order chi connectivity index (χ1) is 10.9. The van der Waals surface area contributed by atoms with E-state index in [9.17, 15) is 19.5 Å². The van der Waals surface area contributed by atoms with Gasteiger partial charge in [0.25, 0.3) is 5.56 Å². The highest BCUT2D eigenvalue weighted by Gasteiger charge is 2.35. The van der Waals surface area contributed by atoms with Crippen LogP contribution in [0.15, 0.2) is 15.8 Å². The maximum atomic E-state index is 11.9. The molecule has 1 fully saturated rings. The molecule has 2 rings (SSSR count). The van der Waals surface area contributed by atoms with E-state index in [0.29, 0.717) is 12.0 Å². The fourth-order valence-electron chi connectivity index (χ4n) is 2.51. The van der Waals surface area contributed by atoms with Crippen molar-refractivity contribution < 1.29 is 14.6 Å². The van der Waals surface area contributed by atoms with E-state index in [-0.39, 0.29) is 18.9 Å². The standard InChI is InChI=1S/C15H23N3O5/c1-3-4-5-12(20)16-7-11-10(19)6-13(23-11)18-8-9(2)14(21)17-15(18)22/h8,10-11,13,19H,3-7H2,1-2H3,(H,16,20)(H,17,21,22)/t10-,11+,13+/m0/s1. The maximum Gasteiger partial charge on any atom is 0.330 e. The van der Waals surface area contributed by atoms with E-state index in [1.54, 1.807) is 6.92 Å². The number of aromatic amines is 1. The Morgan fingerprint density at radius 1 is 1.52 bits per heavy atom. The molecule has 1 aromatic rings. The van der Waals surface area contributed by atoms with Gasteiger partial charge < -0.3 is 15.2 Å². The number of nitrogens with zero attached hydrogens (tertiary/aromatic N) is 1. The van der Waals surface area contributed by atoms with Crippen LogP contribution in [0.4, 0.5) is 0 Å². The fraction of sp³-hybridized carbons (Fsp3) is 0.667. The van der Waals surface area contributed by atoms with Crippen LogP contribution in [-0.4, -0.2) is 39.3 Å². The van der Waals surface area contributed by atoms with Crippen LogP contribution in [0.5, 0.6) is 0 Å². The molecule has 0 aliphatic carbocycles. The molecule has 2 heterocycles. The minimum absolute atomic E-state index is 0.0804. The van der Waals surface area contributed by atoms with Gasteiger partial charge in [0.1, 0.15) is 12.3 Å². The normalized spacial score (nSPS) is 23.9. The van der Waals surface area contributed by atoms with Gasteiger partial charge in [-0.2, -0.15) is 0 Å². The molecule has 0 radical (unpaired) electrons. The van der Waals surface area contributed by atoms with E-state index < -0.39 is 29.7 Å². The van der Waals surface area contributed by atoms with Crippen molar-refractivity contribution in [3.63, 3.8) is 0 Å². The van der Waals surface area contributed by atoms with Crippen LogP contribution in [0.3, 0.4) is 0 Å². The van der Waals surface area contributed by atoms with Crippen LogP contribution in [-0.2, 0) is 9.53 Å².